The molecule has 2 heterocycles. The van der Waals surface area contributed by atoms with Crippen molar-refractivity contribution in [2.75, 3.05) is 26.4 Å². The van der Waals surface area contributed by atoms with Crippen LogP contribution >= 0.6 is 0 Å². The minimum atomic E-state index is -3.33. The van der Waals surface area contributed by atoms with E-state index in [1.165, 1.54) is 0 Å². The van der Waals surface area contributed by atoms with Crippen LogP contribution < -0.4 is 10.4 Å². The molecule has 2 saturated heterocycles. The third kappa shape index (κ3) is 13.5. The van der Waals surface area contributed by atoms with Crippen molar-refractivity contribution in [1.29, 1.82) is 0 Å². The lowest BCUT2D eigenvalue weighted by Gasteiger charge is -2.46. The summed E-state index contributed by atoms with van der Waals surface area (Å²) in [5.74, 6) is -7.47. The van der Waals surface area contributed by atoms with Crippen LogP contribution in [0.25, 0.3) is 6.08 Å². The molecular weight excluding hydrogens is 889 g/mol. The Labute approximate surface area is 391 Å². The summed E-state index contributed by atoms with van der Waals surface area (Å²) in [7, 11) is -3.33. The van der Waals surface area contributed by atoms with Crippen molar-refractivity contribution in [3.63, 3.8) is 0 Å². The molecule has 2 fully saturated rings. The molecule has 0 N–H and O–H groups in total. The summed E-state index contributed by atoms with van der Waals surface area (Å²) >= 11 is 0. The van der Waals surface area contributed by atoms with Gasteiger partial charge in [0.25, 0.3) is 8.32 Å². The first-order valence-corrected chi connectivity index (χ1v) is 23.7. The highest BCUT2D eigenvalue weighted by molar-refractivity contribution is 6.99. The molecule has 5 rings (SSSR count). The van der Waals surface area contributed by atoms with Gasteiger partial charge in [0.05, 0.1) is 19.8 Å². The Morgan fingerprint density at radius 3 is 1.60 bits per heavy atom. The maximum atomic E-state index is 13.1. The van der Waals surface area contributed by atoms with Crippen molar-refractivity contribution in [2.45, 2.75) is 122 Å². The molecule has 9 atom stereocenters. The number of rotatable bonds is 19. The molecule has 0 aliphatic carbocycles. The monoisotopic (exact) mass is 948 g/mol. The predicted molar refractivity (Wildman–Crippen MR) is 242 cm³/mol. The number of esters is 6. The van der Waals surface area contributed by atoms with Crippen molar-refractivity contribution < 1.29 is 80.6 Å². The van der Waals surface area contributed by atoms with Gasteiger partial charge in [0.15, 0.2) is 30.5 Å². The van der Waals surface area contributed by atoms with Crippen LogP contribution in [-0.4, -0.2) is 125 Å². The Morgan fingerprint density at radius 1 is 0.597 bits per heavy atom. The second-order valence-electron chi connectivity index (χ2n) is 17.1. The molecule has 2 aliphatic rings. The van der Waals surface area contributed by atoms with Crippen molar-refractivity contribution in [1.82, 2.24) is 0 Å². The van der Waals surface area contributed by atoms with E-state index in [0.717, 1.165) is 57.5 Å². The SMILES string of the molecule is CC(=O)OC[C@@]1(O[C@H]2O[C@H](COC/C=C/c3ccccc3)[C@@H](OC(C)=O)[C@H](OC(C)=O)[C@H]2OC(C)=O)O[C@H](CO[Si](c2ccccc2)(c2ccccc2)C(C)(C)C)[C@@H](OC(C)=O)[C@@H]1OC(C)=O. The number of carbonyl (C=O) groups is 6. The molecule has 18 heteroatoms. The van der Waals surface area contributed by atoms with Crippen LogP contribution in [0.4, 0.5) is 0 Å². The average molecular weight is 949 g/mol. The first-order valence-electron chi connectivity index (χ1n) is 21.8. The highest BCUT2D eigenvalue weighted by Crippen LogP contribution is 2.43. The zero-order chi connectivity index (χ0) is 48.9. The summed E-state index contributed by atoms with van der Waals surface area (Å²) in [6.07, 6.45) is -8.87. The molecule has 3 aromatic carbocycles. The fourth-order valence-corrected chi connectivity index (χ4v) is 12.9. The summed E-state index contributed by atoms with van der Waals surface area (Å²) in [6.45, 7) is 11.5. The van der Waals surface area contributed by atoms with Gasteiger partial charge in [0.2, 0.25) is 12.1 Å². The largest absolute Gasteiger partial charge is 0.460 e. The van der Waals surface area contributed by atoms with E-state index in [2.05, 4.69) is 20.8 Å². The average Bonchev–Trinajstić information content (AvgIpc) is 3.52. The standard InChI is InChI=1S/C49H60O17Si/c1-31(50)57-30-49(66-47-45(62-35(5)54)44(61-34(4)53)42(59-32(2)51)40(64-47)28-56-27-19-22-37-20-13-10-14-21-37)46(63-36(6)55)43(60-33(3)52)41(65-49)29-58-67(48(7,8)9,38-23-15-11-16-24-38)39-25-17-12-18-26-39/h10-26,40-47H,27-30H2,1-9H3/b22-19+/t40-,41-,42-,43-,44+,45-,46+,47-,49+/m1/s1. The van der Waals surface area contributed by atoms with Gasteiger partial charge in [-0.3, -0.25) is 28.8 Å². The van der Waals surface area contributed by atoms with Crippen LogP contribution in [0, 0.1) is 0 Å². The van der Waals surface area contributed by atoms with Crippen LogP contribution in [0.2, 0.25) is 5.04 Å². The summed E-state index contributed by atoms with van der Waals surface area (Å²) in [5, 5.41) is 1.30. The predicted octanol–water partition coefficient (Wildman–Crippen LogP) is 4.35. The first kappa shape index (κ1) is 52.2. The lowest BCUT2D eigenvalue weighted by atomic mass is 9.97. The highest BCUT2D eigenvalue weighted by Gasteiger charge is 2.65. The minimum Gasteiger partial charge on any atom is -0.460 e. The molecule has 0 amide bonds. The molecule has 0 radical (unpaired) electrons. The van der Waals surface area contributed by atoms with Crippen molar-refractivity contribution in [2.24, 2.45) is 0 Å². The lowest BCUT2D eigenvalue weighted by molar-refractivity contribution is -0.384. The second-order valence-corrected chi connectivity index (χ2v) is 21.4. The normalized spacial score (nSPS) is 25.1. The molecule has 0 aromatic heterocycles. The number of benzene rings is 3. The van der Waals surface area contributed by atoms with E-state index >= 15 is 0 Å². The molecule has 2 aliphatic heterocycles. The number of ether oxygens (including phenoxy) is 10. The van der Waals surface area contributed by atoms with Crippen molar-refractivity contribution in [3.05, 3.63) is 103 Å². The minimum absolute atomic E-state index is 0.0454. The van der Waals surface area contributed by atoms with E-state index in [0.29, 0.717) is 0 Å². The molecule has 3 aromatic rings. The molecule has 0 spiro atoms. The van der Waals surface area contributed by atoms with Crippen LogP contribution in [-0.2, 0) is 80.6 Å². The van der Waals surface area contributed by atoms with E-state index in [1.807, 2.05) is 97.1 Å². The van der Waals surface area contributed by atoms with Gasteiger partial charge in [-0.15, -0.1) is 0 Å². The highest BCUT2D eigenvalue weighted by atomic mass is 28.4. The number of carbonyl (C=O) groups excluding carboxylic acids is 6. The lowest BCUT2D eigenvalue weighted by Crippen LogP contribution is -2.67. The summed E-state index contributed by atoms with van der Waals surface area (Å²) in [6, 6.07) is 28.8. The van der Waals surface area contributed by atoms with Crippen LogP contribution in [0.1, 0.15) is 67.9 Å². The van der Waals surface area contributed by atoms with E-state index in [4.69, 9.17) is 51.8 Å². The zero-order valence-electron chi connectivity index (χ0n) is 39.2. The fourth-order valence-electron chi connectivity index (χ4n) is 8.33. The Hall–Kier alpha value is -5.76. The van der Waals surface area contributed by atoms with Crippen molar-refractivity contribution in [3.8, 4) is 0 Å². The Kier molecular flexibility index (Phi) is 18.2. The molecule has 0 bridgehead atoms. The quantitative estimate of drug-likeness (QED) is 0.0709. The Morgan fingerprint density at radius 2 is 1.09 bits per heavy atom. The maximum Gasteiger partial charge on any atom is 0.303 e. The summed E-state index contributed by atoms with van der Waals surface area (Å²) in [4.78, 5) is 77.0. The van der Waals surface area contributed by atoms with Crippen LogP contribution in [0.5, 0.6) is 0 Å². The van der Waals surface area contributed by atoms with E-state index in [9.17, 15) is 28.8 Å². The molecule has 362 valence electrons. The molecule has 67 heavy (non-hydrogen) atoms. The summed E-state index contributed by atoms with van der Waals surface area (Å²) in [5.41, 5.74) is 0.907. The zero-order valence-corrected chi connectivity index (χ0v) is 40.2. The molecule has 17 nitrogen and oxygen atoms in total. The smallest absolute Gasteiger partial charge is 0.303 e. The van der Waals surface area contributed by atoms with E-state index in [-0.39, 0.29) is 19.8 Å². The third-order valence-electron chi connectivity index (χ3n) is 10.8. The van der Waals surface area contributed by atoms with Crippen molar-refractivity contribution >= 4 is 60.6 Å². The van der Waals surface area contributed by atoms with Gasteiger partial charge in [-0.25, -0.2) is 0 Å². The van der Waals surface area contributed by atoms with Gasteiger partial charge < -0.3 is 51.8 Å². The number of hydrogen-bond acceptors (Lipinski definition) is 17. The van der Waals surface area contributed by atoms with Crippen LogP contribution in [0.15, 0.2) is 97.1 Å². The van der Waals surface area contributed by atoms with Gasteiger partial charge in [-0.05, 0) is 21.0 Å². The van der Waals surface area contributed by atoms with Gasteiger partial charge in [0, 0.05) is 41.5 Å². The maximum absolute atomic E-state index is 13.1. The first-order chi connectivity index (χ1) is 31.8. The van der Waals surface area contributed by atoms with E-state index < -0.39 is 111 Å². The van der Waals surface area contributed by atoms with E-state index in [1.54, 1.807) is 6.08 Å². The Bertz CT molecular complexity index is 2140. The summed E-state index contributed by atoms with van der Waals surface area (Å²) < 4.78 is 67.5. The molecule has 0 saturated carbocycles. The van der Waals surface area contributed by atoms with Gasteiger partial charge in [0.1, 0.15) is 18.8 Å². The van der Waals surface area contributed by atoms with Gasteiger partial charge >= 0.3 is 35.8 Å². The van der Waals surface area contributed by atoms with Crippen LogP contribution in [0.3, 0.4) is 0 Å². The molecule has 0 unspecified atom stereocenters. The third-order valence-corrected chi connectivity index (χ3v) is 15.8. The van der Waals surface area contributed by atoms with Gasteiger partial charge in [-0.1, -0.05) is 124 Å². The van der Waals surface area contributed by atoms with Gasteiger partial charge in [-0.2, -0.15) is 0 Å². The molecular formula is C49H60O17Si. The fraction of sp³-hybridized carbons (Fsp3) is 0.469. The number of hydrogen-bond donors (Lipinski definition) is 0. The Balaban J connectivity index is 1.62. The topological polar surface area (TPSA) is 204 Å². The second kappa shape index (κ2) is 23.3.